The van der Waals surface area contributed by atoms with E-state index in [4.69, 9.17) is 33.0 Å². The molecule has 2 saturated heterocycles. The maximum Gasteiger partial charge on any atom is 0.573 e. The summed E-state index contributed by atoms with van der Waals surface area (Å²) in [6.07, 6.45) is -8.86. The third kappa shape index (κ3) is 11.4. The molecule has 0 amide bonds. The van der Waals surface area contributed by atoms with Crippen LogP contribution in [0.5, 0.6) is 11.5 Å². The van der Waals surface area contributed by atoms with E-state index in [1.54, 1.807) is 27.3 Å². The molecule has 0 atom stereocenters. The minimum absolute atomic E-state index is 0.0400. The van der Waals surface area contributed by atoms with Gasteiger partial charge in [0.05, 0.1) is 61.6 Å². The number of nitrogens with one attached hydrogen (secondary N) is 2. The summed E-state index contributed by atoms with van der Waals surface area (Å²) in [4.78, 5) is 46.2. The number of benzene rings is 4. The zero-order chi connectivity index (χ0) is 49.1. The van der Waals surface area contributed by atoms with Gasteiger partial charge in [0.15, 0.2) is 16.9 Å². The van der Waals surface area contributed by atoms with Gasteiger partial charge in [0, 0.05) is 30.7 Å². The van der Waals surface area contributed by atoms with E-state index in [0.29, 0.717) is 40.0 Å². The smallest absolute Gasteiger partial charge is 0.423 e. The Bertz CT molecular complexity index is 3170. The number of carbonyl (C=O) groups is 1. The Labute approximate surface area is 382 Å². The van der Waals surface area contributed by atoms with Gasteiger partial charge in [0.1, 0.15) is 33.7 Å². The molecule has 2 aliphatic heterocycles. The van der Waals surface area contributed by atoms with Crippen LogP contribution in [-0.2, 0) is 32.2 Å². The fourth-order valence-corrected chi connectivity index (χ4v) is 7.22. The molecular weight excluding hydrogens is 935 g/mol. The SMILES string of the molecule is O=C(CCCO)c1ccc2c(c1)nc(Nc1nc3ccc(OC(F)(F)F)cc3o1)n2CC1(O)COC1.O=C=O.OC1(Cn2c(Nc3nc4ccc(OC(F)(F)F)cc4o3)nc3ccccc32)COC1. The Hall–Kier alpha value is -7.61. The van der Waals surface area contributed by atoms with Crippen LogP contribution in [0.25, 0.3) is 44.3 Å². The molecule has 0 unspecified atom stereocenters. The van der Waals surface area contributed by atoms with Crippen molar-refractivity contribution in [2.45, 2.75) is 49.9 Å². The molecule has 4 aromatic heterocycles. The van der Waals surface area contributed by atoms with Crippen LogP contribution >= 0.6 is 0 Å². The first-order valence-corrected chi connectivity index (χ1v) is 20.4. The first kappa shape index (κ1) is 47.9. The lowest BCUT2D eigenvalue weighted by Gasteiger charge is -2.36. The first-order chi connectivity index (χ1) is 32.8. The Morgan fingerprint density at radius 1 is 0.667 bits per heavy atom. The summed E-state index contributed by atoms with van der Waals surface area (Å²) in [7, 11) is 0. The number of anilines is 4. The van der Waals surface area contributed by atoms with E-state index >= 15 is 0 Å². The number of alkyl halides is 6. The van der Waals surface area contributed by atoms with Crippen LogP contribution in [0.15, 0.2) is 87.7 Å². The van der Waals surface area contributed by atoms with Crippen molar-refractivity contribution in [1.82, 2.24) is 29.1 Å². The predicted molar refractivity (Wildman–Crippen MR) is 225 cm³/mol. The average Bonchev–Trinajstić information content (AvgIpc) is 4.03. The number of oxazole rings is 2. The first-order valence-electron chi connectivity index (χ1n) is 20.4. The largest absolute Gasteiger partial charge is 0.573 e. The summed E-state index contributed by atoms with van der Waals surface area (Å²) in [5.74, 6) is -0.386. The number of ketones is 1. The van der Waals surface area contributed by atoms with E-state index in [1.165, 1.54) is 12.1 Å². The second-order valence-corrected chi connectivity index (χ2v) is 15.6. The topological polar surface area (TPSA) is 261 Å². The number of hydrogen-bond donors (Lipinski definition) is 5. The number of Topliss-reactive ketones (excluding diaryl/α,β-unsaturated/α-hetero) is 1. The maximum absolute atomic E-state index is 12.5. The van der Waals surface area contributed by atoms with Crippen molar-refractivity contribution in [2.75, 3.05) is 43.7 Å². The lowest BCUT2D eigenvalue weighted by molar-refractivity contribution is -0.275. The Kier molecular flexibility index (Phi) is 13.3. The third-order valence-corrected chi connectivity index (χ3v) is 10.3. The second kappa shape index (κ2) is 19.2. The number of fused-ring (bicyclic) bond motifs is 4. The fraction of sp³-hybridized carbons (Fsp3) is 0.302. The van der Waals surface area contributed by atoms with Gasteiger partial charge in [-0.3, -0.25) is 15.4 Å². The molecular formula is C43H36F6N8O12. The van der Waals surface area contributed by atoms with Crippen molar-refractivity contribution in [3.8, 4) is 11.5 Å². The zero-order valence-corrected chi connectivity index (χ0v) is 35.3. The van der Waals surface area contributed by atoms with Gasteiger partial charge < -0.3 is 52.2 Å². The quantitative estimate of drug-likeness (QED) is 0.0573. The molecule has 0 aliphatic carbocycles. The number of carbonyl (C=O) groups excluding carboxylic acids is 3. The highest BCUT2D eigenvalue weighted by Crippen LogP contribution is 2.34. The minimum atomic E-state index is -4.84. The molecule has 0 radical (unpaired) electrons. The highest BCUT2D eigenvalue weighted by molar-refractivity contribution is 5.99. The van der Waals surface area contributed by atoms with Gasteiger partial charge >= 0.3 is 30.9 Å². The number of aromatic nitrogens is 6. The highest BCUT2D eigenvalue weighted by Gasteiger charge is 2.39. The normalized spacial score (nSPS) is 15.0. The monoisotopic (exact) mass is 970 g/mol. The zero-order valence-electron chi connectivity index (χ0n) is 35.3. The second-order valence-electron chi connectivity index (χ2n) is 15.6. The molecule has 0 bridgehead atoms. The Morgan fingerprint density at radius 3 is 1.61 bits per heavy atom. The van der Waals surface area contributed by atoms with Gasteiger partial charge in [-0.25, -0.2) is 9.97 Å². The number of imidazole rings is 2. The summed E-state index contributed by atoms with van der Waals surface area (Å²) in [6.45, 7) is 0.954. The molecule has 4 aromatic carbocycles. The van der Waals surface area contributed by atoms with Gasteiger partial charge in [-0.2, -0.15) is 19.6 Å². The van der Waals surface area contributed by atoms with Crippen LogP contribution in [0.3, 0.4) is 0 Å². The number of halogens is 6. The summed E-state index contributed by atoms with van der Waals surface area (Å²) in [5.41, 5.74) is 1.68. The number of para-hydroxylation sites is 2. The fourth-order valence-electron chi connectivity index (χ4n) is 7.22. The van der Waals surface area contributed by atoms with E-state index in [2.05, 4.69) is 40.0 Å². The van der Waals surface area contributed by atoms with E-state index < -0.39 is 35.4 Å². The molecule has 5 N–H and O–H groups in total. The summed E-state index contributed by atoms with van der Waals surface area (Å²) in [5, 5.41) is 36.1. The number of nitrogens with zero attached hydrogens (tertiary/aromatic N) is 6. The van der Waals surface area contributed by atoms with Gasteiger partial charge in [0.25, 0.3) is 0 Å². The van der Waals surface area contributed by atoms with Crippen LogP contribution in [0, 0.1) is 0 Å². The number of aliphatic hydroxyl groups is 3. The predicted octanol–water partition coefficient (Wildman–Crippen LogP) is 6.53. The van der Waals surface area contributed by atoms with Gasteiger partial charge in [-0.1, -0.05) is 12.1 Å². The van der Waals surface area contributed by atoms with Crippen LogP contribution in [0.1, 0.15) is 23.2 Å². The molecule has 2 aliphatic rings. The summed E-state index contributed by atoms with van der Waals surface area (Å²) in [6, 6.07) is 19.5. The number of ether oxygens (including phenoxy) is 4. The Balaban J connectivity index is 0.000000179. The lowest BCUT2D eigenvalue weighted by Crippen LogP contribution is -2.52. The van der Waals surface area contributed by atoms with Crippen molar-refractivity contribution in [1.29, 1.82) is 0 Å². The van der Waals surface area contributed by atoms with Crippen molar-refractivity contribution in [2.24, 2.45) is 0 Å². The van der Waals surface area contributed by atoms with Gasteiger partial charge in [-0.15, -0.1) is 26.3 Å². The number of aliphatic hydroxyl groups excluding tert-OH is 1. The Morgan fingerprint density at radius 2 is 1.14 bits per heavy atom. The van der Waals surface area contributed by atoms with E-state index in [1.807, 2.05) is 24.3 Å². The lowest BCUT2D eigenvalue weighted by atomic mass is 10.0. The maximum atomic E-state index is 12.5. The molecule has 69 heavy (non-hydrogen) atoms. The van der Waals surface area contributed by atoms with Gasteiger partial charge in [-0.05, 0) is 61.0 Å². The van der Waals surface area contributed by atoms with E-state index in [9.17, 15) is 41.4 Å². The highest BCUT2D eigenvalue weighted by atomic mass is 19.4. The molecule has 20 nitrogen and oxygen atoms in total. The van der Waals surface area contributed by atoms with Crippen molar-refractivity contribution in [3.05, 3.63) is 84.4 Å². The van der Waals surface area contributed by atoms with E-state index in [0.717, 1.165) is 29.8 Å². The van der Waals surface area contributed by atoms with Crippen LogP contribution < -0.4 is 20.1 Å². The molecule has 362 valence electrons. The molecule has 26 heteroatoms. The van der Waals surface area contributed by atoms with Crippen molar-refractivity contribution < 1.29 is 83.8 Å². The summed E-state index contributed by atoms with van der Waals surface area (Å²) < 4.78 is 108. The van der Waals surface area contributed by atoms with E-state index in [-0.39, 0.29) is 99.1 Å². The van der Waals surface area contributed by atoms with Crippen molar-refractivity contribution >= 4 is 80.1 Å². The van der Waals surface area contributed by atoms with Crippen LogP contribution in [0.4, 0.5) is 50.3 Å². The number of hydrogen-bond acceptors (Lipinski definition) is 18. The molecule has 6 heterocycles. The molecule has 0 spiro atoms. The van der Waals surface area contributed by atoms with Crippen molar-refractivity contribution in [3.63, 3.8) is 0 Å². The van der Waals surface area contributed by atoms with Gasteiger partial charge in [0.2, 0.25) is 11.9 Å². The average molecular weight is 971 g/mol. The number of rotatable bonds is 14. The molecule has 8 aromatic rings. The molecule has 2 fully saturated rings. The molecule has 0 saturated carbocycles. The summed E-state index contributed by atoms with van der Waals surface area (Å²) >= 11 is 0. The third-order valence-electron chi connectivity index (χ3n) is 10.3. The minimum Gasteiger partial charge on any atom is -0.423 e. The van der Waals surface area contributed by atoms with Crippen LogP contribution in [0.2, 0.25) is 0 Å². The molecule has 10 rings (SSSR count). The standard InChI is InChI=1S/C23H21F3N4O6.C19H15F3N4O4.CO2/c24-23(25,26)36-14-4-5-15-19(9-14)35-21(28-15)29-20-27-16-8-13(18(32)2-1-7-31)3-6-17(16)30(20)10-22(33)11-34-12-22;20-19(21,22)30-11-5-6-13-15(7-11)29-17(24-13)25-16-23-12-3-1-2-4-14(12)26(16)8-18(27)9-28-10-18;2-1-3/h3-6,8-9,31,33H,1-2,7,10-12H2,(H,27,28,29);1-7,27H,8-10H2,(H,23,24,25);. The van der Waals surface area contributed by atoms with Crippen LogP contribution in [-0.4, -0.2) is 113 Å².